The number of thiocarbonyl (C=S) groups is 1. The topological polar surface area (TPSA) is 24.1 Å². The maximum atomic E-state index is 13.5. The van der Waals surface area contributed by atoms with Crippen molar-refractivity contribution < 1.29 is 4.39 Å². The zero-order chi connectivity index (χ0) is 13.9. The minimum atomic E-state index is -0.314. The molecule has 0 saturated carbocycles. The van der Waals surface area contributed by atoms with Crippen LogP contribution >= 0.6 is 12.2 Å². The summed E-state index contributed by atoms with van der Waals surface area (Å²) in [4.78, 5) is 0. The van der Waals surface area contributed by atoms with Crippen molar-refractivity contribution in [3.63, 3.8) is 0 Å². The Balaban J connectivity index is 1.69. The fraction of sp³-hybridized carbons (Fsp3) is 0.188. The fourth-order valence-corrected chi connectivity index (χ4v) is 2.72. The Morgan fingerprint density at radius 1 is 1.00 bits per heavy atom. The van der Waals surface area contributed by atoms with Gasteiger partial charge in [0, 0.05) is 5.69 Å². The van der Waals surface area contributed by atoms with E-state index >= 15 is 0 Å². The van der Waals surface area contributed by atoms with Crippen molar-refractivity contribution in [2.75, 3.05) is 10.6 Å². The smallest absolute Gasteiger partial charge is 0.175 e. The second kappa shape index (κ2) is 5.59. The van der Waals surface area contributed by atoms with Crippen molar-refractivity contribution in [3.8, 4) is 0 Å². The quantitative estimate of drug-likeness (QED) is 0.812. The molecule has 0 saturated heterocycles. The highest BCUT2D eigenvalue weighted by molar-refractivity contribution is 7.80. The molecule has 0 atom stereocenters. The van der Waals surface area contributed by atoms with Gasteiger partial charge in [-0.05, 0) is 66.9 Å². The molecule has 0 aliphatic heterocycles. The molecule has 0 fully saturated rings. The summed E-state index contributed by atoms with van der Waals surface area (Å²) in [6, 6.07) is 12.8. The highest BCUT2D eigenvalue weighted by Gasteiger charge is 2.11. The van der Waals surface area contributed by atoms with E-state index in [-0.39, 0.29) is 5.82 Å². The summed E-state index contributed by atoms with van der Waals surface area (Å²) in [6.45, 7) is 0. The molecule has 0 radical (unpaired) electrons. The van der Waals surface area contributed by atoms with Gasteiger partial charge in [-0.3, -0.25) is 0 Å². The molecule has 2 aromatic carbocycles. The predicted octanol–water partition coefficient (Wildman–Crippen LogP) is 4.12. The van der Waals surface area contributed by atoms with E-state index in [9.17, 15) is 4.39 Å². The van der Waals surface area contributed by atoms with Crippen LogP contribution in [0.5, 0.6) is 0 Å². The van der Waals surface area contributed by atoms with Crippen LogP contribution in [0, 0.1) is 5.82 Å². The first kappa shape index (κ1) is 13.1. The largest absolute Gasteiger partial charge is 0.332 e. The van der Waals surface area contributed by atoms with E-state index in [2.05, 4.69) is 22.8 Å². The molecule has 0 spiro atoms. The minimum absolute atomic E-state index is 0.314. The highest BCUT2D eigenvalue weighted by Crippen LogP contribution is 2.25. The molecule has 0 unspecified atom stereocenters. The van der Waals surface area contributed by atoms with Crippen molar-refractivity contribution in [1.82, 2.24) is 0 Å². The lowest BCUT2D eigenvalue weighted by Crippen LogP contribution is -2.19. The SMILES string of the molecule is Fc1ccccc1NC(=S)Nc1ccc2c(c1)CCC2. The van der Waals surface area contributed by atoms with Gasteiger partial charge in [0.05, 0.1) is 5.69 Å². The monoisotopic (exact) mass is 286 g/mol. The third-order valence-electron chi connectivity index (χ3n) is 3.48. The number of para-hydroxylation sites is 1. The van der Waals surface area contributed by atoms with Crippen LogP contribution in [-0.4, -0.2) is 5.11 Å². The van der Waals surface area contributed by atoms with Gasteiger partial charge in [-0.1, -0.05) is 18.2 Å². The summed E-state index contributed by atoms with van der Waals surface area (Å²) in [5.74, 6) is -0.314. The molecule has 0 aromatic heterocycles. The third kappa shape index (κ3) is 2.80. The number of aryl methyl sites for hydroxylation is 2. The van der Waals surface area contributed by atoms with Crippen LogP contribution in [0.15, 0.2) is 42.5 Å². The van der Waals surface area contributed by atoms with E-state index in [1.165, 1.54) is 23.6 Å². The fourth-order valence-electron chi connectivity index (χ4n) is 2.50. The summed E-state index contributed by atoms with van der Waals surface area (Å²) in [5.41, 5.74) is 4.12. The van der Waals surface area contributed by atoms with Gasteiger partial charge in [-0.2, -0.15) is 0 Å². The van der Waals surface area contributed by atoms with Gasteiger partial charge in [0.1, 0.15) is 5.82 Å². The molecular formula is C16H15FN2S. The number of hydrogen-bond donors (Lipinski definition) is 2. The number of fused-ring (bicyclic) bond motifs is 1. The highest BCUT2D eigenvalue weighted by atomic mass is 32.1. The van der Waals surface area contributed by atoms with Gasteiger partial charge >= 0.3 is 0 Å². The molecule has 0 heterocycles. The molecule has 4 heteroatoms. The second-order valence-electron chi connectivity index (χ2n) is 4.90. The van der Waals surface area contributed by atoms with E-state index in [0.29, 0.717) is 10.8 Å². The van der Waals surface area contributed by atoms with Gasteiger partial charge < -0.3 is 10.6 Å². The molecule has 0 bridgehead atoms. The van der Waals surface area contributed by atoms with Gasteiger partial charge in [0.25, 0.3) is 0 Å². The third-order valence-corrected chi connectivity index (χ3v) is 3.68. The molecular weight excluding hydrogens is 271 g/mol. The van der Waals surface area contributed by atoms with Crippen molar-refractivity contribution in [2.45, 2.75) is 19.3 Å². The number of hydrogen-bond acceptors (Lipinski definition) is 1. The van der Waals surface area contributed by atoms with Gasteiger partial charge in [-0.25, -0.2) is 4.39 Å². The number of anilines is 2. The first-order valence-electron chi connectivity index (χ1n) is 6.67. The summed E-state index contributed by atoms with van der Waals surface area (Å²) in [6.07, 6.45) is 3.50. The molecule has 2 N–H and O–H groups in total. The van der Waals surface area contributed by atoms with Crippen LogP contribution in [0.2, 0.25) is 0 Å². The van der Waals surface area contributed by atoms with E-state index in [1.807, 2.05) is 6.07 Å². The summed E-state index contributed by atoms with van der Waals surface area (Å²) in [5, 5.41) is 6.37. The van der Waals surface area contributed by atoms with Gasteiger partial charge in [0.15, 0.2) is 5.11 Å². The van der Waals surface area contributed by atoms with E-state index in [0.717, 1.165) is 18.5 Å². The number of rotatable bonds is 2. The van der Waals surface area contributed by atoms with Crippen LogP contribution in [-0.2, 0) is 12.8 Å². The van der Waals surface area contributed by atoms with Crippen LogP contribution in [0.25, 0.3) is 0 Å². The van der Waals surface area contributed by atoms with Crippen molar-refractivity contribution in [3.05, 3.63) is 59.4 Å². The minimum Gasteiger partial charge on any atom is -0.332 e. The normalized spacial score (nSPS) is 12.8. The number of nitrogens with one attached hydrogen (secondary N) is 2. The Kier molecular flexibility index (Phi) is 3.65. The average Bonchev–Trinajstić information content (AvgIpc) is 2.89. The molecule has 3 rings (SSSR count). The van der Waals surface area contributed by atoms with Crippen LogP contribution < -0.4 is 10.6 Å². The number of halogens is 1. The maximum Gasteiger partial charge on any atom is 0.175 e. The van der Waals surface area contributed by atoms with Gasteiger partial charge in [-0.15, -0.1) is 0 Å². The zero-order valence-electron chi connectivity index (χ0n) is 10.9. The predicted molar refractivity (Wildman–Crippen MR) is 84.7 cm³/mol. The van der Waals surface area contributed by atoms with Crippen LogP contribution in [0.1, 0.15) is 17.5 Å². The van der Waals surface area contributed by atoms with Crippen molar-refractivity contribution >= 4 is 28.7 Å². The lowest BCUT2D eigenvalue weighted by Gasteiger charge is -2.12. The zero-order valence-corrected chi connectivity index (χ0v) is 11.8. The molecule has 20 heavy (non-hydrogen) atoms. The van der Waals surface area contributed by atoms with E-state index in [4.69, 9.17) is 12.2 Å². The standard InChI is InChI=1S/C16H15FN2S/c17-14-6-1-2-7-15(14)19-16(20)18-13-9-8-11-4-3-5-12(11)10-13/h1-2,6-10H,3-5H2,(H2,18,19,20). The molecule has 1 aliphatic carbocycles. The second-order valence-corrected chi connectivity index (χ2v) is 5.30. The average molecular weight is 286 g/mol. The molecule has 2 nitrogen and oxygen atoms in total. The summed E-state index contributed by atoms with van der Waals surface area (Å²) >= 11 is 5.22. The Bertz CT molecular complexity index is 655. The molecule has 2 aromatic rings. The Morgan fingerprint density at radius 2 is 1.80 bits per heavy atom. The maximum absolute atomic E-state index is 13.5. The van der Waals surface area contributed by atoms with Crippen LogP contribution in [0.4, 0.5) is 15.8 Å². The first-order valence-corrected chi connectivity index (χ1v) is 7.07. The van der Waals surface area contributed by atoms with E-state index in [1.54, 1.807) is 18.2 Å². The summed E-state index contributed by atoms with van der Waals surface area (Å²) < 4.78 is 13.5. The lowest BCUT2D eigenvalue weighted by molar-refractivity contribution is 0.632. The van der Waals surface area contributed by atoms with Crippen molar-refractivity contribution in [1.29, 1.82) is 0 Å². The van der Waals surface area contributed by atoms with Crippen molar-refractivity contribution in [2.24, 2.45) is 0 Å². The van der Waals surface area contributed by atoms with Crippen LogP contribution in [0.3, 0.4) is 0 Å². The summed E-state index contributed by atoms with van der Waals surface area (Å²) in [7, 11) is 0. The van der Waals surface area contributed by atoms with E-state index < -0.39 is 0 Å². The Morgan fingerprint density at radius 3 is 2.65 bits per heavy atom. The molecule has 0 amide bonds. The number of benzene rings is 2. The molecule has 1 aliphatic rings. The van der Waals surface area contributed by atoms with Gasteiger partial charge in [0.2, 0.25) is 0 Å². The first-order chi connectivity index (χ1) is 9.72. The lowest BCUT2D eigenvalue weighted by atomic mass is 10.1. The molecule has 102 valence electrons. The Labute approximate surface area is 123 Å². The Hall–Kier alpha value is -1.94.